The minimum atomic E-state index is -0.745. The van der Waals surface area contributed by atoms with E-state index in [1.165, 1.54) is 0 Å². The molecule has 0 aromatic carbocycles. The molecular formula is C9H19NO4. The predicted molar refractivity (Wildman–Crippen MR) is 54.4 cm³/mol. The maximum atomic E-state index is 10.3. The van der Waals surface area contributed by atoms with Gasteiger partial charge in [0.25, 0.3) is 0 Å². The van der Waals surface area contributed by atoms with Gasteiger partial charge >= 0.3 is 11.9 Å². The normalized spacial score (nSPS) is 7.29. The van der Waals surface area contributed by atoms with Crippen LogP contribution in [0, 0.1) is 0 Å². The molecule has 0 unspecified atom stereocenters. The summed E-state index contributed by atoms with van der Waals surface area (Å²) in [6, 6.07) is 0. The Morgan fingerprint density at radius 1 is 1.36 bits per heavy atom. The molecule has 0 bridgehead atoms. The molecule has 0 amide bonds. The van der Waals surface area contributed by atoms with Gasteiger partial charge in [-0.25, -0.2) is 0 Å². The summed E-state index contributed by atoms with van der Waals surface area (Å²) in [6.45, 7) is 7.07. The first-order valence-electron chi connectivity index (χ1n) is 4.06. The van der Waals surface area contributed by atoms with E-state index >= 15 is 0 Å². The van der Waals surface area contributed by atoms with Crippen LogP contribution in [-0.2, 0) is 14.3 Å². The Morgan fingerprint density at radius 2 is 1.79 bits per heavy atom. The Balaban J connectivity index is -0.000000177. The van der Waals surface area contributed by atoms with Crippen molar-refractivity contribution in [3.05, 3.63) is 12.7 Å². The number of carboxylic acids is 1. The topological polar surface area (TPSA) is 98.6 Å². The van der Waals surface area contributed by atoms with Crippen LogP contribution in [-0.4, -0.2) is 23.7 Å². The lowest BCUT2D eigenvalue weighted by Crippen LogP contribution is -2.00. The minimum absolute atomic E-state index is 0. The van der Waals surface area contributed by atoms with Gasteiger partial charge in [0.2, 0.25) is 0 Å². The van der Waals surface area contributed by atoms with Crippen LogP contribution in [0.5, 0.6) is 0 Å². The number of hydrogen-bond donors (Lipinski definition) is 2. The summed E-state index contributed by atoms with van der Waals surface area (Å²) in [7, 11) is 0. The summed E-state index contributed by atoms with van der Waals surface area (Å²) >= 11 is 0. The molecule has 0 aliphatic heterocycles. The van der Waals surface area contributed by atoms with Gasteiger partial charge in [0.1, 0.15) is 6.61 Å². The zero-order valence-electron chi connectivity index (χ0n) is 8.78. The summed E-state index contributed by atoms with van der Waals surface area (Å²) in [5.41, 5.74) is 0. The SMILES string of the molecule is C=CCOC(=O)CC.CCC(=O)O.N. The summed E-state index contributed by atoms with van der Waals surface area (Å²) in [5.74, 6) is -0.921. The highest BCUT2D eigenvalue weighted by Gasteiger charge is 1.92. The van der Waals surface area contributed by atoms with Crippen LogP contribution in [0.4, 0.5) is 0 Å². The molecular weight excluding hydrogens is 186 g/mol. The van der Waals surface area contributed by atoms with Crippen molar-refractivity contribution in [3.63, 3.8) is 0 Å². The third-order valence-corrected chi connectivity index (χ3v) is 0.953. The number of esters is 1. The van der Waals surface area contributed by atoms with Gasteiger partial charge in [0.05, 0.1) is 0 Å². The summed E-state index contributed by atoms with van der Waals surface area (Å²) in [6.07, 6.45) is 2.21. The van der Waals surface area contributed by atoms with Crippen molar-refractivity contribution in [2.45, 2.75) is 26.7 Å². The van der Waals surface area contributed by atoms with E-state index in [9.17, 15) is 9.59 Å². The van der Waals surface area contributed by atoms with E-state index in [0.29, 0.717) is 13.0 Å². The van der Waals surface area contributed by atoms with Crippen molar-refractivity contribution in [2.75, 3.05) is 6.61 Å². The molecule has 0 aliphatic carbocycles. The molecule has 84 valence electrons. The summed E-state index contributed by atoms with van der Waals surface area (Å²) < 4.78 is 4.58. The molecule has 0 saturated carbocycles. The van der Waals surface area contributed by atoms with Gasteiger partial charge < -0.3 is 16.0 Å². The van der Waals surface area contributed by atoms with E-state index in [2.05, 4.69) is 11.3 Å². The van der Waals surface area contributed by atoms with E-state index in [-0.39, 0.29) is 18.5 Å². The van der Waals surface area contributed by atoms with Crippen LogP contribution in [0.15, 0.2) is 12.7 Å². The lowest BCUT2D eigenvalue weighted by molar-refractivity contribution is -0.142. The fourth-order valence-corrected chi connectivity index (χ4v) is 0.254. The first-order chi connectivity index (χ1) is 6.08. The number of rotatable bonds is 4. The average molecular weight is 205 g/mol. The molecule has 4 N–H and O–H groups in total. The molecule has 0 rings (SSSR count). The van der Waals surface area contributed by atoms with Gasteiger partial charge in [-0.3, -0.25) is 9.59 Å². The van der Waals surface area contributed by atoms with Gasteiger partial charge in [0, 0.05) is 12.8 Å². The van der Waals surface area contributed by atoms with E-state index in [0.717, 1.165) is 0 Å². The molecule has 0 radical (unpaired) electrons. The molecule has 0 aliphatic rings. The van der Waals surface area contributed by atoms with Crippen molar-refractivity contribution in [2.24, 2.45) is 0 Å². The van der Waals surface area contributed by atoms with Crippen molar-refractivity contribution in [1.29, 1.82) is 0 Å². The molecule has 0 saturated heterocycles. The van der Waals surface area contributed by atoms with Crippen LogP contribution in [0.25, 0.3) is 0 Å². The van der Waals surface area contributed by atoms with Crippen LogP contribution < -0.4 is 6.15 Å². The van der Waals surface area contributed by atoms with Crippen LogP contribution in [0.1, 0.15) is 26.7 Å². The number of carbonyl (C=O) groups excluding carboxylic acids is 1. The zero-order chi connectivity index (χ0) is 10.7. The monoisotopic (exact) mass is 205 g/mol. The summed E-state index contributed by atoms with van der Waals surface area (Å²) in [5, 5.41) is 7.72. The van der Waals surface area contributed by atoms with E-state index in [1.54, 1.807) is 19.9 Å². The Hall–Kier alpha value is -1.36. The van der Waals surface area contributed by atoms with Gasteiger partial charge in [-0.1, -0.05) is 26.5 Å². The lowest BCUT2D eigenvalue weighted by Gasteiger charge is -1.94. The Morgan fingerprint density at radius 3 is 2.00 bits per heavy atom. The first kappa shape index (κ1) is 18.4. The molecule has 0 aromatic heterocycles. The smallest absolute Gasteiger partial charge is 0.305 e. The molecule has 0 aromatic rings. The third kappa shape index (κ3) is 22.4. The van der Waals surface area contributed by atoms with E-state index in [4.69, 9.17) is 5.11 Å². The maximum absolute atomic E-state index is 10.3. The number of aliphatic carboxylic acids is 1. The molecule has 0 fully saturated rings. The fourth-order valence-electron chi connectivity index (χ4n) is 0.254. The van der Waals surface area contributed by atoms with Gasteiger partial charge in [-0.05, 0) is 0 Å². The van der Waals surface area contributed by atoms with Gasteiger partial charge in [-0.15, -0.1) is 0 Å². The number of hydrogen-bond acceptors (Lipinski definition) is 4. The first-order valence-corrected chi connectivity index (χ1v) is 4.06. The van der Waals surface area contributed by atoms with E-state index < -0.39 is 5.97 Å². The highest BCUT2D eigenvalue weighted by atomic mass is 16.5. The fraction of sp³-hybridized carbons (Fsp3) is 0.556. The highest BCUT2D eigenvalue weighted by Crippen LogP contribution is 1.82. The number of ether oxygens (including phenoxy) is 1. The van der Waals surface area contributed by atoms with Gasteiger partial charge in [-0.2, -0.15) is 0 Å². The lowest BCUT2D eigenvalue weighted by atomic mass is 10.5. The van der Waals surface area contributed by atoms with Crippen LogP contribution in [0.3, 0.4) is 0 Å². The standard InChI is InChI=1S/C6H10O2.C3H6O2.H3N/c1-3-5-8-6(7)4-2;1-2-3(4)5;/h3H,1,4-5H2,2H3;2H2,1H3,(H,4,5);1H3. The molecule has 5 nitrogen and oxygen atoms in total. The predicted octanol–water partition coefficient (Wildman–Crippen LogP) is 1.77. The van der Waals surface area contributed by atoms with Gasteiger partial charge in [0.15, 0.2) is 0 Å². The molecule has 0 spiro atoms. The quantitative estimate of drug-likeness (QED) is 0.538. The minimum Gasteiger partial charge on any atom is -0.481 e. The van der Waals surface area contributed by atoms with E-state index in [1.807, 2.05) is 0 Å². The Bertz CT molecular complexity index is 168. The largest absolute Gasteiger partial charge is 0.481 e. The third-order valence-electron chi connectivity index (χ3n) is 0.953. The Kier molecular flexibility index (Phi) is 18.7. The van der Waals surface area contributed by atoms with Crippen molar-refractivity contribution in [1.82, 2.24) is 6.15 Å². The molecule has 5 heteroatoms. The van der Waals surface area contributed by atoms with Crippen molar-refractivity contribution >= 4 is 11.9 Å². The molecule has 14 heavy (non-hydrogen) atoms. The van der Waals surface area contributed by atoms with Crippen molar-refractivity contribution < 1.29 is 19.4 Å². The molecule has 0 atom stereocenters. The van der Waals surface area contributed by atoms with Crippen LogP contribution in [0.2, 0.25) is 0 Å². The zero-order valence-corrected chi connectivity index (χ0v) is 8.78. The Labute approximate surface area is 84.3 Å². The second-order valence-corrected chi connectivity index (χ2v) is 2.07. The second kappa shape index (κ2) is 14.2. The summed E-state index contributed by atoms with van der Waals surface area (Å²) in [4.78, 5) is 19.7. The second-order valence-electron chi connectivity index (χ2n) is 2.07. The van der Waals surface area contributed by atoms with Crippen LogP contribution >= 0.6 is 0 Å². The number of carbonyl (C=O) groups is 2. The molecule has 0 heterocycles. The average Bonchev–Trinajstić information content (AvgIpc) is 2.15. The van der Waals surface area contributed by atoms with Crippen molar-refractivity contribution in [3.8, 4) is 0 Å². The number of carboxylic acid groups (broad SMARTS) is 1. The highest BCUT2D eigenvalue weighted by molar-refractivity contribution is 5.68. The maximum Gasteiger partial charge on any atom is 0.305 e.